The van der Waals surface area contributed by atoms with Gasteiger partial charge in [0.2, 0.25) is 0 Å². The molecule has 0 aliphatic rings. The molecule has 0 aliphatic carbocycles. The van der Waals surface area contributed by atoms with Gasteiger partial charge in [-0.15, -0.1) is 0 Å². The summed E-state index contributed by atoms with van der Waals surface area (Å²) in [6, 6.07) is 11.3. The number of nitrogens with one attached hydrogen (secondary N) is 1. The second-order valence-corrected chi connectivity index (χ2v) is 7.14. The number of anilines is 1. The van der Waals surface area contributed by atoms with E-state index in [0.717, 1.165) is 27.6 Å². The number of fused-ring (bicyclic) bond motifs is 1. The van der Waals surface area contributed by atoms with Gasteiger partial charge in [-0.1, -0.05) is 19.9 Å². The quantitative estimate of drug-likeness (QED) is 0.435. The first kappa shape index (κ1) is 17.0. The van der Waals surface area contributed by atoms with Gasteiger partial charge in [0.15, 0.2) is 5.82 Å². The summed E-state index contributed by atoms with van der Waals surface area (Å²) < 4.78 is 2.06. The molecule has 2 aromatic carbocycles. The van der Waals surface area contributed by atoms with E-state index in [9.17, 15) is 10.2 Å². The van der Waals surface area contributed by atoms with Crippen molar-refractivity contribution in [3.63, 3.8) is 0 Å². The Morgan fingerprint density at radius 1 is 1.07 bits per heavy atom. The second-order valence-electron chi connectivity index (χ2n) is 7.14. The van der Waals surface area contributed by atoms with Crippen LogP contribution in [0.15, 0.2) is 42.6 Å². The average Bonchev–Trinajstić information content (AvgIpc) is 3.17. The molecule has 0 amide bonds. The molecule has 4 aromatic rings. The van der Waals surface area contributed by atoms with Crippen molar-refractivity contribution in [2.75, 3.05) is 5.73 Å². The highest BCUT2D eigenvalue weighted by molar-refractivity contribution is 5.94. The maximum absolute atomic E-state index is 10.5. The van der Waals surface area contributed by atoms with E-state index in [4.69, 9.17) is 5.73 Å². The topological polar surface area (TPSA) is 100 Å². The van der Waals surface area contributed by atoms with Gasteiger partial charge in [-0.2, -0.15) is 5.10 Å². The van der Waals surface area contributed by atoms with E-state index in [-0.39, 0.29) is 17.4 Å². The highest BCUT2D eigenvalue weighted by Gasteiger charge is 2.20. The standard InChI is InChI=1S/C21H22N4O2/c1-11(2)14-9-15(18(27)10-17(14)26)20-19(21(22)24-23-20)13-4-5-16-12(8-13)6-7-25(16)3/h4-11,26-27H,1-3H3,(H3,22,23,24). The summed E-state index contributed by atoms with van der Waals surface area (Å²) in [4.78, 5) is 0. The lowest BCUT2D eigenvalue weighted by Gasteiger charge is -2.13. The molecular weight excluding hydrogens is 340 g/mol. The number of aryl methyl sites for hydroxylation is 1. The molecule has 0 spiro atoms. The number of H-pyrrole nitrogens is 1. The number of nitrogens with two attached hydrogens (primary N) is 1. The number of aromatic hydroxyl groups is 2. The molecule has 0 aliphatic heterocycles. The highest BCUT2D eigenvalue weighted by atomic mass is 16.3. The van der Waals surface area contributed by atoms with Crippen molar-refractivity contribution >= 4 is 16.7 Å². The fourth-order valence-electron chi connectivity index (χ4n) is 3.54. The Balaban J connectivity index is 1.93. The number of nitrogen functional groups attached to an aromatic ring is 1. The number of hydrogen-bond acceptors (Lipinski definition) is 4. The maximum Gasteiger partial charge on any atom is 0.153 e. The molecule has 0 saturated carbocycles. The Morgan fingerprint density at radius 2 is 1.85 bits per heavy atom. The van der Waals surface area contributed by atoms with Crippen LogP contribution in [0.4, 0.5) is 5.82 Å². The molecule has 5 N–H and O–H groups in total. The summed E-state index contributed by atoms with van der Waals surface area (Å²) in [7, 11) is 2.00. The van der Waals surface area contributed by atoms with E-state index >= 15 is 0 Å². The van der Waals surface area contributed by atoms with Gasteiger partial charge < -0.3 is 20.5 Å². The zero-order chi connectivity index (χ0) is 19.3. The number of benzene rings is 2. The lowest BCUT2D eigenvalue weighted by Crippen LogP contribution is -1.93. The number of phenolic OH excluding ortho intramolecular Hbond substituents is 2. The Kier molecular flexibility index (Phi) is 3.84. The molecule has 2 heterocycles. The number of nitrogens with zero attached hydrogens (tertiary/aromatic N) is 2. The summed E-state index contributed by atoms with van der Waals surface area (Å²) in [6.45, 7) is 3.98. The van der Waals surface area contributed by atoms with Crippen LogP contribution < -0.4 is 5.73 Å². The molecule has 0 bridgehead atoms. The van der Waals surface area contributed by atoms with Gasteiger partial charge in [0.05, 0.1) is 11.3 Å². The van der Waals surface area contributed by atoms with Gasteiger partial charge in [-0.05, 0) is 41.3 Å². The zero-order valence-corrected chi connectivity index (χ0v) is 15.5. The van der Waals surface area contributed by atoms with Gasteiger partial charge in [0, 0.05) is 35.8 Å². The van der Waals surface area contributed by atoms with E-state index in [0.29, 0.717) is 17.1 Å². The van der Waals surface area contributed by atoms with Crippen LogP contribution in [0.3, 0.4) is 0 Å². The first-order chi connectivity index (χ1) is 12.9. The van der Waals surface area contributed by atoms with Crippen LogP contribution in [-0.4, -0.2) is 25.0 Å². The summed E-state index contributed by atoms with van der Waals surface area (Å²) in [5, 5.41) is 28.8. The van der Waals surface area contributed by atoms with Crippen LogP contribution >= 0.6 is 0 Å². The first-order valence-corrected chi connectivity index (χ1v) is 8.82. The summed E-state index contributed by atoms with van der Waals surface area (Å²) >= 11 is 0. The molecule has 138 valence electrons. The van der Waals surface area contributed by atoms with Crippen molar-refractivity contribution in [2.45, 2.75) is 19.8 Å². The third-order valence-corrected chi connectivity index (χ3v) is 5.00. The molecular formula is C21H22N4O2. The third-order valence-electron chi connectivity index (χ3n) is 5.00. The van der Waals surface area contributed by atoms with E-state index in [2.05, 4.69) is 20.8 Å². The van der Waals surface area contributed by atoms with Crippen molar-refractivity contribution in [1.29, 1.82) is 0 Å². The van der Waals surface area contributed by atoms with Gasteiger partial charge in [-0.25, -0.2) is 0 Å². The molecule has 0 radical (unpaired) electrons. The lowest BCUT2D eigenvalue weighted by molar-refractivity contribution is 0.445. The predicted molar refractivity (Wildman–Crippen MR) is 108 cm³/mol. The van der Waals surface area contributed by atoms with Crippen LogP contribution in [0.2, 0.25) is 0 Å². The maximum atomic E-state index is 10.5. The minimum atomic E-state index is -0.0254. The smallest absolute Gasteiger partial charge is 0.153 e. The Hall–Kier alpha value is -3.41. The molecule has 0 saturated heterocycles. The van der Waals surface area contributed by atoms with Crippen LogP contribution in [0.25, 0.3) is 33.3 Å². The van der Waals surface area contributed by atoms with Crippen LogP contribution in [0.5, 0.6) is 11.5 Å². The lowest BCUT2D eigenvalue weighted by atomic mass is 9.94. The summed E-state index contributed by atoms with van der Waals surface area (Å²) in [5.41, 5.74) is 10.9. The fourth-order valence-corrected chi connectivity index (χ4v) is 3.54. The number of hydrogen-bond donors (Lipinski definition) is 4. The van der Waals surface area contributed by atoms with Gasteiger partial charge in [0.25, 0.3) is 0 Å². The largest absolute Gasteiger partial charge is 0.508 e. The van der Waals surface area contributed by atoms with Crippen LogP contribution in [0, 0.1) is 0 Å². The van der Waals surface area contributed by atoms with Crippen molar-refractivity contribution in [2.24, 2.45) is 7.05 Å². The predicted octanol–water partition coefficient (Wildman–Crippen LogP) is 4.35. The third kappa shape index (κ3) is 2.70. The van der Waals surface area contributed by atoms with Crippen molar-refractivity contribution in [3.8, 4) is 33.9 Å². The van der Waals surface area contributed by atoms with Crippen LogP contribution in [-0.2, 0) is 7.05 Å². The first-order valence-electron chi connectivity index (χ1n) is 8.82. The summed E-state index contributed by atoms with van der Waals surface area (Å²) in [5.74, 6) is 0.515. The number of rotatable bonds is 3. The van der Waals surface area contributed by atoms with E-state index in [1.54, 1.807) is 6.07 Å². The molecule has 0 unspecified atom stereocenters. The average molecular weight is 362 g/mol. The Morgan fingerprint density at radius 3 is 2.59 bits per heavy atom. The highest BCUT2D eigenvalue weighted by Crippen LogP contribution is 2.42. The molecule has 2 aromatic heterocycles. The molecule has 27 heavy (non-hydrogen) atoms. The van der Waals surface area contributed by atoms with Gasteiger partial charge >= 0.3 is 0 Å². The minimum Gasteiger partial charge on any atom is -0.508 e. The molecule has 0 fully saturated rings. The monoisotopic (exact) mass is 362 g/mol. The molecule has 0 atom stereocenters. The van der Waals surface area contributed by atoms with Gasteiger partial charge in [-0.3, -0.25) is 5.10 Å². The number of aromatic nitrogens is 3. The molecule has 4 rings (SSSR count). The summed E-state index contributed by atoms with van der Waals surface area (Å²) in [6.07, 6.45) is 2.01. The van der Waals surface area contributed by atoms with E-state index in [1.807, 2.05) is 45.3 Å². The molecule has 6 nitrogen and oxygen atoms in total. The minimum absolute atomic E-state index is 0.0254. The zero-order valence-electron chi connectivity index (χ0n) is 15.5. The normalized spacial score (nSPS) is 11.6. The SMILES string of the molecule is CC(C)c1cc(-c2[nH]nc(N)c2-c2ccc3c(ccn3C)c2)c(O)cc1O. The van der Waals surface area contributed by atoms with E-state index < -0.39 is 0 Å². The van der Waals surface area contributed by atoms with E-state index in [1.165, 1.54) is 6.07 Å². The van der Waals surface area contributed by atoms with Crippen LogP contribution in [0.1, 0.15) is 25.3 Å². The number of aromatic amines is 1. The number of phenols is 2. The Bertz CT molecular complexity index is 1150. The second kappa shape index (κ2) is 6.09. The fraction of sp³-hybridized carbons (Fsp3) is 0.190. The molecule has 6 heteroatoms. The van der Waals surface area contributed by atoms with Crippen molar-refractivity contribution in [3.05, 3.63) is 48.2 Å². The van der Waals surface area contributed by atoms with Crippen molar-refractivity contribution in [1.82, 2.24) is 14.8 Å². The van der Waals surface area contributed by atoms with Gasteiger partial charge in [0.1, 0.15) is 11.5 Å². The Labute approximate surface area is 156 Å². The van der Waals surface area contributed by atoms with Crippen molar-refractivity contribution < 1.29 is 10.2 Å².